The molecule has 37 heavy (non-hydrogen) atoms. The van der Waals surface area contributed by atoms with Crippen molar-refractivity contribution in [2.45, 2.75) is 18.9 Å². The number of carbonyl (C=O) groups is 2. The molecule has 1 atom stereocenters. The van der Waals surface area contributed by atoms with Crippen LogP contribution in [0.2, 0.25) is 0 Å². The van der Waals surface area contributed by atoms with Crippen molar-refractivity contribution in [3.05, 3.63) is 132 Å². The Bertz CT molecular complexity index is 1490. The van der Waals surface area contributed by atoms with E-state index in [1.807, 2.05) is 78.9 Å². The van der Waals surface area contributed by atoms with E-state index < -0.39 is 0 Å². The average molecular weight is 489 g/mol. The highest BCUT2D eigenvalue weighted by Crippen LogP contribution is 2.24. The Balaban J connectivity index is 1.34. The fourth-order valence-electron chi connectivity index (χ4n) is 4.53. The molecule has 0 aliphatic carbocycles. The Morgan fingerprint density at radius 2 is 1.41 bits per heavy atom. The normalized spacial score (nSPS) is 11.7. The lowest BCUT2D eigenvalue weighted by atomic mass is 9.98. The second kappa shape index (κ2) is 11.4. The van der Waals surface area contributed by atoms with Gasteiger partial charge in [-0.05, 0) is 53.8 Å². The molecule has 0 fully saturated rings. The van der Waals surface area contributed by atoms with Crippen LogP contribution in [-0.2, 0) is 6.42 Å². The maximum Gasteiger partial charge on any atom is 0.252 e. The summed E-state index contributed by atoms with van der Waals surface area (Å²) in [4.78, 5) is 26.5. The summed E-state index contributed by atoms with van der Waals surface area (Å²) in [5.74, 6) is -0.362. The minimum atomic E-state index is -0.260. The van der Waals surface area contributed by atoms with E-state index in [4.69, 9.17) is 4.42 Å². The molecule has 2 amide bonds. The van der Waals surface area contributed by atoms with Gasteiger partial charge in [-0.25, -0.2) is 0 Å². The molecule has 0 spiro atoms. The predicted octanol–water partition coefficient (Wildman–Crippen LogP) is 6.26. The van der Waals surface area contributed by atoms with E-state index >= 15 is 0 Å². The van der Waals surface area contributed by atoms with E-state index in [0.717, 1.165) is 22.9 Å². The highest BCUT2D eigenvalue weighted by atomic mass is 16.3. The third-order valence-electron chi connectivity index (χ3n) is 6.47. The van der Waals surface area contributed by atoms with Crippen LogP contribution in [0, 0.1) is 0 Å². The second-order valence-corrected chi connectivity index (χ2v) is 8.95. The van der Waals surface area contributed by atoms with Gasteiger partial charge in [0.25, 0.3) is 11.8 Å². The van der Waals surface area contributed by atoms with E-state index in [0.29, 0.717) is 29.7 Å². The first kappa shape index (κ1) is 24.1. The van der Waals surface area contributed by atoms with Gasteiger partial charge in [0.05, 0.1) is 11.8 Å². The molecule has 0 saturated carbocycles. The third kappa shape index (κ3) is 5.78. The zero-order chi connectivity index (χ0) is 25.5. The van der Waals surface area contributed by atoms with Crippen molar-refractivity contribution in [1.82, 2.24) is 10.6 Å². The summed E-state index contributed by atoms with van der Waals surface area (Å²) in [6.45, 7) is 0.305. The summed E-state index contributed by atoms with van der Waals surface area (Å²) in [5, 5.41) is 6.97. The van der Waals surface area contributed by atoms with Gasteiger partial charge in [0.2, 0.25) is 0 Å². The largest absolute Gasteiger partial charge is 0.464 e. The Morgan fingerprint density at radius 3 is 2.22 bits per heavy atom. The summed E-state index contributed by atoms with van der Waals surface area (Å²) in [7, 11) is 0. The SMILES string of the molecule is O=C(NC(CCc1ccccc1)CNC(=O)c1cccc2occc12)c1ccccc1-c1ccccc1. The van der Waals surface area contributed by atoms with Gasteiger partial charge in [0.1, 0.15) is 5.58 Å². The minimum Gasteiger partial charge on any atom is -0.464 e. The topological polar surface area (TPSA) is 71.3 Å². The number of fused-ring (bicyclic) bond motifs is 1. The van der Waals surface area contributed by atoms with Crippen LogP contribution < -0.4 is 10.6 Å². The maximum absolute atomic E-state index is 13.5. The molecule has 5 nitrogen and oxygen atoms in total. The van der Waals surface area contributed by atoms with Gasteiger partial charge in [0.15, 0.2) is 0 Å². The van der Waals surface area contributed by atoms with Crippen molar-refractivity contribution in [3.63, 3.8) is 0 Å². The fraction of sp³-hybridized carbons (Fsp3) is 0.125. The molecule has 184 valence electrons. The monoisotopic (exact) mass is 488 g/mol. The first-order chi connectivity index (χ1) is 18.2. The molecule has 0 saturated heterocycles. The van der Waals surface area contributed by atoms with Gasteiger partial charge in [-0.1, -0.05) is 84.9 Å². The van der Waals surface area contributed by atoms with Crippen LogP contribution in [0.4, 0.5) is 0 Å². The van der Waals surface area contributed by atoms with Gasteiger partial charge < -0.3 is 15.1 Å². The molecule has 5 heteroatoms. The predicted molar refractivity (Wildman–Crippen MR) is 146 cm³/mol. The number of amides is 2. The van der Waals surface area contributed by atoms with E-state index in [-0.39, 0.29) is 17.9 Å². The number of hydrogen-bond donors (Lipinski definition) is 2. The van der Waals surface area contributed by atoms with Gasteiger partial charge in [-0.2, -0.15) is 0 Å². The summed E-state index contributed by atoms with van der Waals surface area (Å²) in [6.07, 6.45) is 3.03. The smallest absolute Gasteiger partial charge is 0.252 e. The van der Waals surface area contributed by atoms with Crippen molar-refractivity contribution in [1.29, 1.82) is 0 Å². The van der Waals surface area contributed by atoms with Crippen molar-refractivity contribution in [2.75, 3.05) is 6.54 Å². The molecule has 0 bridgehead atoms. The standard InChI is InChI=1S/C32H28N2O3/c35-31(29-16-9-17-30-27(29)20-21-37-30)33-22-25(19-18-23-10-3-1-4-11-23)34-32(36)28-15-8-7-14-26(28)24-12-5-2-6-13-24/h1-17,20-21,25H,18-19,22H2,(H,33,35)(H,34,36). The molecule has 5 aromatic rings. The van der Waals surface area contributed by atoms with Crippen molar-refractivity contribution in [2.24, 2.45) is 0 Å². The minimum absolute atomic E-state index is 0.163. The molecule has 0 aliphatic rings. The van der Waals surface area contributed by atoms with Crippen molar-refractivity contribution < 1.29 is 14.0 Å². The average Bonchev–Trinajstić information content (AvgIpc) is 3.44. The van der Waals surface area contributed by atoms with Crippen LogP contribution in [0.3, 0.4) is 0 Å². The molecule has 0 radical (unpaired) electrons. The van der Waals surface area contributed by atoms with E-state index in [2.05, 4.69) is 22.8 Å². The Hall–Kier alpha value is -4.64. The number of hydrogen-bond acceptors (Lipinski definition) is 3. The Labute approximate surface area is 216 Å². The van der Waals surface area contributed by atoms with Crippen molar-refractivity contribution in [3.8, 4) is 11.1 Å². The Morgan fingerprint density at radius 1 is 0.703 bits per heavy atom. The van der Waals surface area contributed by atoms with Gasteiger partial charge in [0, 0.05) is 23.5 Å². The van der Waals surface area contributed by atoms with Crippen LogP contribution >= 0.6 is 0 Å². The van der Waals surface area contributed by atoms with Gasteiger partial charge in [-0.3, -0.25) is 9.59 Å². The zero-order valence-electron chi connectivity index (χ0n) is 20.4. The van der Waals surface area contributed by atoms with Crippen molar-refractivity contribution >= 4 is 22.8 Å². The molecule has 2 N–H and O–H groups in total. The molecule has 4 aromatic carbocycles. The van der Waals surface area contributed by atoms with E-state index in [9.17, 15) is 9.59 Å². The van der Waals surface area contributed by atoms with Gasteiger partial charge >= 0.3 is 0 Å². The molecular weight excluding hydrogens is 460 g/mol. The van der Waals surface area contributed by atoms with Crippen LogP contribution in [0.25, 0.3) is 22.1 Å². The Kier molecular flexibility index (Phi) is 7.42. The molecule has 1 aromatic heterocycles. The first-order valence-electron chi connectivity index (χ1n) is 12.4. The molecule has 1 heterocycles. The summed E-state index contributed by atoms with van der Waals surface area (Å²) in [6, 6.07) is 34.5. The number of carbonyl (C=O) groups excluding carboxylic acids is 2. The highest BCUT2D eigenvalue weighted by molar-refractivity contribution is 6.06. The maximum atomic E-state index is 13.5. The van der Waals surface area contributed by atoms with Crippen LogP contribution in [0.5, 0.6) is 0 Å². The number of nitrogens with one attached hydrogen (secondary N) is 2. The number of rotatable bonds is 9. The lowest BCUT2D eigenvalue weighted by molar-refractivity contribution is 0.0907. The van der Waals surface area contributed by atoms with Crippen LogP contribution in [0.1, 0.15) is 32.7 Å². The first-order valence-corrected chi connectivity index (χ1v) is 12.4. The summed E-state index contributed by atoms with van der Waals surface area (Å²) in [5.41, 5.74) is 4.86. The summed E-state index contributed by atoms with van der Waals surface area (Å²) < 4.78 is 5.43. The quantitative estimate of drug-likeness (QED) is 0.257. The van der Waals surface area contributed by atoms with E-state index in [1.165, 1.54) is 5.56 Å². The zero-order valence-corrected chi connectivity index (χ0v) is 20.4. The fourth-order valence-corrected chi connectivity index (χ4v) is 4.53. The molecule has 1 unspecified atom stereocenters. The highest BCUT2D eigenvalue weighted by Gasteiger charge is 2.19. The lowest BCUT2D eigenvalue weighted by Crippen LogP contribution is -2.44. The number of aryl methyl sites for hydroxylation is 1. The molecular formula is C32H28N2O3. The third-order valence-corrected chi connectivity index (χ3v) is 6.47. The number of benzene rings is 4. The van der Waals surface area contributed by atoms with E-state index in [1.54, 1.807) is 24.5 Å². The summed E-state index contributed by atoms with van der Waals surface area (Å²) >= 11 is 0. The van der Waals surface area contributed by atoms with Gasteiger partial charge in [-0.15, -0.1) is 0 Å². The molecule has 5 rings (SSSR count). The number of furan rings is 1. The second-order valence-electron chi connectivity index (χ2n) is 8.95. The lowest BCUT2D eigenvalue weighted by Gasteiger charge is -2.21. The van der Waals surface area contributed by atoms with Crippen LogP contribution in [-0.4, -0.2) is 24.4 Å². The van der Waals surface area contributed by atoms with Crippen LogP contribution in [0.15, 0.2) is 120 Å². The molecule has 0 aliphatic heterocycles.